The molecule has 0 saturated carbocycles. The van der Waals surface area contributed by atoms with E-state index in [-0.39, 0.29) is 0 Å². The van der Waals surface area contributed by atoms with Crippen molar-refractivity contribution in [3.8, 4) is 5.75 Å². The fourth-order valence-corrected chi connectivity index (χ4v) is 1.86. The molecule has 2 aromatic rings. The van der Waals surface area contributed by atoms with Crippen molar-refractivity contribution in [1.82, 2.24) is 5.01 Å². The summed E-state index contributed by atoms with van der Waals surface area (Å²) in [4.78, 5) is 0. The van der Waals surface area contributed by atoms with Gasteiger partial charge in [-0.15, -0.1) is 0 Å². The van der Waals surface area contributed by atoms with Gasteiger partial charge in [-0.05, 0) is 23.8 Å². The molecular formula is C15H18N2O. The number of benzene rings is 2. The van der Waals surface area contributed by atoms with E-state index in [1.807, 2.05) is 45.4 Å². The molecule has 0 saturated heterocycles. The second kappa shape index (κ2) is 5.54. The molecule has 2 aromatic carbocycles. The Labute approximate surface area is 108 Å². The Balaban J connectivity index is 2.58. The van der Waals surface area contributed by atoms with Gasteiger partial charge in [-0.3, -0.25) is 0 Å². The van der Waals surface area contributed by atoms with Crippen LogP contribution in [0.3, 0.4) is 0 Å². The first-order chi connectivity index (χ1) is 8.72. The molecule has 0 atom stereocenters. The van der Waals surface area contributed by atoms with E-state index in [9.17, 15) is 0 Å². The highest BCUT2D eigenvalue weighted by Crippen LogP contribution is 2.26. The predicted octanol–water partition coefficient (Wildman–Crippen LogP) is 3.13. The van der Waals surface area contributed by atoms with Crippen LogP contribution in [-0.4, -0.2) is 31.9 Å². The summed E-state index contributed by atoms with van der Waals surface area (Å²) in [6.07, 6.45) is 1.85. The minimum Gasteiger partial charge on any atom is -0.493 e. The first-order valence-corrected chi connectivity index (χ1v) is 6.08. The monoisotopic (exact) mass is 242 g/mol. The summed E-state index contributed by atoms with van der Waals surface area (Å²) < 4.78 is 5.67. The third kappa shape index (κ3) is 2.62. The number of hydrogen-bond acceptors (Lipinski definition) is 3. The van der Waals surface area contributed by atoms with Gasteiger partial charge in [0.25, 0.3) is 0 Å². The van der Waals surface area contributed by atoms with Gasteiger partial charge in [0.2, 0.25) is 0 Å². The maximum atomic E-state index is 5.67. The summed E-state index contributed by atoms with van der Waals surface area (Å²) in [5, 5.41) is 8.45. The van der Waals surface area contributed by atoms with E-state index < -0.39 is 0 Å². The summed E-state index contributed by atoms with van der Waals surface area (Å²) in [5.41, 5.74) is 1.03. The largest absolute Gasteiger partial charge is 0.493 e. The van der Waals surface area contributed by atoms with Crippen molar-refractivity contribution in [2.45, 2.75) is 6.92 Å². The molecule has 0 N–H and O–H groups in total. The molecule has 0 amide bonds. The normalized spacial score (nSPS) is 11.1. The van der Waals surface area contributed by atoms with E-state index in [0.29, 0.717) is 6.61 Å². The molecule has 94 valence electrons. The quantitative estimate of drug-likeness (QED) is 0.608. The molecule has 3 heteroatoms. The maximum absolute atomic E-state index is 5.67. The topological polar surface area (TPSA) is 24.8 Å². The van der Waals surface area contributed by atoms with Crippen LogP contribution in [0.4, 0.5) is 0 Å². The predicted molar refractivity (Wildman–Crippen MR) is 76.4 cm³/mol. The number of fused-ring (bicyclic) bond motifs is 1. The zero-order valence-electron chi connectivity index (χ0n) is 11.1. The van der Waals surface area contributed by atoms with Crippen LogP contribution in [0.1, 0.15) is 12.5 Å². The Bertz CT molecular complexity index is 561. The highest BCUT2D eigenvalue weighted by molar-refractivity contribution is 6.02. The van der Waals surface area contributed by atoms with Crippen LogP contribution in [0.5, 0.6) is 5.75 Å². The van der Waals surface area contributed by atoms with Crippen LogP contribution in [-0.2, 0) is 0 Å². The van der Waals surface area contributed by atoms with Gasteiger partial charge in [0, 0.05) is 19.7 Å². The minimum atomic E-state index is 0.654. The summed E-state index contributed by atoms with van der Waals surface area (Å²) in [5.74, 6) is 0.877. The molecule has 0 aliphatic carbocycles. The Hall–Kier alpha value is -2.03. The molecule has 0 aromatic heterocycles. The van der Waals surface area contributed by atoms with Gasteiger partial charge in [0.05, 0.1) is 12.8 Å². The number of ether oxygens (including phenoxy) is 1. The number of hydrogen-bond donors (Lipinski definition) is 0. The van der Waals surface area contributed by atoms with Crippen molar-refractivity contribution >= 4 is 17.0 Å². The van der Waals surface area contributed by atoms with E-state index >= 15 is 0 Å². The highest BCUT2D eigenvalue weighted by Gasteiger charge is 2.06. The van der Waals surface area contributed by atoms with E-state index in [0.717, 1.165) is 16.7 Å². The van der Waals surface area contributed by atoms with Crippen LogP contribution in [0, 0.1) is 0 Å². The fraction of sp³-hybridized carbons (Fsp3) is 0.267. The zero-order chi connectivity index (χ0) is 13.0. The van der Waals surface area contributed by atoms with Crippen LogP contribution in [0.15, 0.2) is 41.5 Å². The van der Waals surface area contributed by atoms with Crippen LogP contribution >= 0.6 is 0 Å². The lowest BCUT2D eigenvalue weighted by atomic mass is 10.0. The van der Waals surface area contributed by atoms with Crippen molar-refractivity contribution in [2.75, 3.05) is 20.7 Å². The molecule has 2 rings (SSSR count). The van der Waals surface area contributed by atoms with Gasteiger partial charge >= 0.3 is 0 Å². The van der Waals surface area contributed by atoms with Gasteiger partial charge in [0.15, 0.2) is 0 Å². The SMILES string of the molecule is CCOc1ccc2ccccc2c1/C=N/N(C)C. The molecule has 3 nitrogen and oxygen atoms in total. The summed E-state index contributed by atoms with van der Waals surface area (Å²) >= 11 is 0. The maximum Gasteiger partial charge on any atom is 0.128 e. The molecular weight excluding hydrogens is 224 g/mol. The lowest BCUT2D eigenvalue weighted by Crippen LogP contribution is -2.03. The van der Waals surface area contributed by atoms with Crippen LogP contribution in [0.25, 0.3) is 10.8 Å². The minimum absolute atomic E-state index is 0.654. The van der Waals surface area contributed by atoms with E-state index in [1.165, 1.54) is 5.39 Å². The molecule has 0 aliphatic heterocycles. The summed E-state index contributed by atoms with van der Waals surface area (Å²) in [6.45, 7) is 2.64. The number of rotatable bonds is 4. The summed E-state index contributed by atoms with van der Waals surface area (Å²) in [7, 11) is 3.81. The lowest BCUT2D eigenvalue weighted by Gasteiger charge is -2.11. The number of hydrazone groups is 1. The molecule has 0 fully saturated rings. The van der Waals surface area contributed by atoms with Crippen molar-refractivity contribution in [1.29, 1.82) is 0 Å². The van der Waals surface area contributed by atoms with Crippen molar-refractivity contribution in [2.24, 2.45) is 5.10 Å². The van der Waals surface area contributed by atoms with Gasteiger partial charge in [-0.2, -0.15) is 5.10 Å². The standard InChI is InChI=1S/C15H18N2O/c1-4-18-15-10-9-12-7-5-6-8-13(12)14(15)11-16-17(2)3/h5-11H,4H2,1-3H3/b16-11+. The first-order valence-electron chi connectivity index (χ1n) is 6.08. The van der Waals surface area contributed by atoms with Crippen molar-refractivity contribution in [3.63, 3.8) is 0 Å². The molecule has 0 aliphatic rings. The van der Waals surface area contributed by atoms with Gasteiger partial charge < -0.3 is 9.75 Å². The summed E-state index contributed by atoms with van der Waals surface area (Å²) in [6, 6.07) is 12.3. The average Bonchev–Trinajstić information content (AvgIpc) is 2.37. The second-order valence-corrected chi connectivity index (χ2v) is 4.22. The van der Waals surface area contributed by atoms with E-state index in [1.54, 1.807) is 5.01 Å². The zero-order valence-corrected chi connectivity index (χ0v) is 11.1. The van der Waals surface area contributed by atoms with Gasteiger partial charge in [-0.1, -0.05) is 30.3 Å². The molecule has 0 bridgehead atoms. The highest BCUT2D eigenvalue weighted by atomic mass is 16.5. The molecule has 0 radical (unpaired) electrons. The van der Waals surface area contributed by atoms with Crippen molar-refractivity contribution < 1.29 is 4.74 Å². The average molecular weight is 242 g/mol. The Morgan fingerprint density at radius 3 is 2.67 bits per heavy atom. The van der Waals surface area contributed by atoms with Crippen LogP contribution in [0.2, 0.25) is 0 Å². The fourth-order valence-electron chi connectivity index (χ4n) is 1.86. The third-order valence-electron chi connectivity index (χ3n) is 2.65. The first kappa shape index (κ1) is 12.4. The van der Waals surface area contributed by atoms with Gasteiger partial charge in [-0.25, -0.2) is 0 Å². The molecule has 0 heterocycles. The Kier molecular flexibility index (Phi) is 3.82. The number of nitrogens with zero attached hydrogens (tertiary/aromatic N) is 2. The Morgan fingerprint density at radius 2 is 1.94 bits per heavy atom. The van der Waals surface area contributed by atoms with E-state index in [4.69, 9.17) is 4.74 Å². The smallest absolute Gasteiger partial charge is 0.128 e. The Morgan fingerprint density at radius 1 is 1.17 bits per heavy atom. The third-order valence-corrected chi connectivity index (χ3v) is 2.65. The molecule has 0 unspecified atom stereocenters. The lowest BCUT2D eigenvalue weighted by molar-refractivity contribution is 0.340. The molecule has 18 heavy (non-hydrogen) atoms. The van der Waals surface area contributed by atoms with Crippen LogP contribution < -0.4 is 4.74 Å². The van der Waals surface area contributed by atoms with Crippen molar-refractivity contribution in [3.05, 3.63) is 42.0 Å². The van der Waals surface area contributed by atoms with E-state index in [2.05, 4.69) is 23.3 Å². The van der Waals surface area contributed by atoms with Gasteiger partial charge in [0.1, 0.15) is 5.75 Å². The molecule has 0 spiro atoms. The second-order valence-electron chi connectivity index (χ2n) is 4.22.